The lowest BCUT2D eigenvalue weighted by atomic mass is 10.2. The van der Waals surface area contributed by atoms with Crippen molar-refractivity contribution in [1.29, 1.82) is 0 Å². The fourth-order valence-electron chi connectivity index (χ4n) is 1.91. The lowest BCUT2D eigenvalue weighted by molar-refractivity contribution is 0.601. The van der Waals surface area contributed by atoms with Gasteiger partial charge in [0.1, 0.15) is 4.90 Å². The van der Waals surface area contributed by atoms with Crippen LogP contribution in [0.4, 0.5) is 5.69 Å². The van der Waals surface area contributed by atoms with Gasteiger partial charge in [-0.05, 0) is 18.2 Å². The molecule has 0 atom stereocenters. The van der Waals surface area contributed by atoms with Gasteiger partial charge in [-0.2, -0.15) is 0 Å². The van der Waals surface area contributed by atoms with Gasteiger partial charge in [-0.15, -0.1) is 0 Å². The van der Waals surface area contributed by atoms with Crippen molar-refractivity contribution < 1.29 is 8.42 Å². The molecule has 0 aliphatic rings. The molecule has 1 aromatic carbocycles. The molecule has 2 N–H and O–H groups in total. The van der Waals surface area contributed by atoms with Crippen molar-refractivity contribution >= 4 is 38.2 Å². The van der Waals surface area contributed by atoms with Crippen LogP contribution in [0.25, 0.3) is 10.9 Å². The topological polar surface area (TPSA) is 74.8 Å². The smallest absolute Gasteiger partial charge is 0.263 e. The normalized spacial score (nSPS) is 11.7. The van der Waals surface area contributed by atoms with Crippen LogP contribution in [-0.2, 0) is 10.0 Å². The van der Waals surface area contributed by atoms with Crippen molar-refractivity contribution in [3.63, 3.8) is 0 Å². The van der Waals surface area contributed by atoms with Crippen LogP contribution in [0.3, 0.4) is 0 Å². The highest BCUT2D eigenvalue weighted by molar-refractivity contribution is 7.92. The van der Waals surface area contributed by atoms with Crippen molar-refractivity contribution in [1.82, 2.24) is 9.97 Å². The van der Waals surface area contributed by atoms with Gasteiger partial charge in [0.2, 0.25) is 0 Å². The number of rotatable bonds is 3. The first kappa shape index (κ1) is 13.0. The Morgan fingerprint density at radius 2 is 2.05 bits per heavy atom. The molecule has 0 unspecified atom stereocenters. The lowest BCUT2D eigenvalue weighted by Crippen LogP contribution is -2.13. The molecule has 5 nitrogen and oxygen atoms in total. The summed E-state index contributed by atoms with van der Waals surface area (Å²) in [4.78, 5) is 6.87. The maximum absolute atomic E-state index is 12.3. The predicted molar refractivity (Wildman–Crippen MR) is 78.4 cm³/mol. The fraction of sp³-hybridized carbons (Fsp3) is 0. The predicted octanol–water partition coefficient (Wildman–Crippen LogP) is 3.02. The van der Waals surface area contributed by atoms with Crippen molar-refractivity contribution in [3.05, 3.63) is 53.9 Å². The van der Waals surface area contributed by atoms with E-state index < -0.39 is 10.0 Å². The standard InChI is InChI=1S/C13H10ClN3O2S/c14-11-8-16-13-10(11)4-1-5-12(13)17-20(18,19)9-3-2-6-15-7-9/h1-8,16-17H. The summed E-state index contributed by atoms with van der Waals surface area (Å²) >= 11 is 6.01. The van der Waals surface area contributed by atoms with E-state index >= 15 is 0 Å². The van der Waals surface area contributed by atoms with Gasteiger partial charge in [0.15, 0.2) is 0 Å². The van der Waals surface area contributed by atoms with E-state index in [1.807, 2.05) is 6.07 Å². The Hall–Kier alpha value is -2.05. The molecule has 0 amide bonds. The monoisotopic (exact) mass is 307 g/mol. The molecule has 20 heavy (non-hydrogen) atoms. The van der Waals surface area contributed by atoms with Gasteiger partial charge < -0.3 is 4.98 Å². The summed E-state index contributed by atoms with van der Waals surface area (Å²) in [5.41, 5.74) is 1.09. The summed E-state index contributed by atoms with van der Waals surface area (Å²) in [6.07, 6.45) is 4.43. The van der Waals surface area contributed by atoms with E-state index in [1.165, 1.54) is 18.5 Å². The number of benzene rings is 1. The van der Waals surface area contributed by atoms with Gasteiger partial charge in [0, 0.05) is 24.0 Å². The number of aromatic amines is 1. The number of H-pyrrole nitrogens is 1. The molecule has 3 rings (SSSR count). The van der Waals surface area contributed by atoms with Crippen molar-refractivity contribution in [3.8, 4) is 0 Å². The molecular weight excluding hydrogens is 298 g/mol. The Balaban J connectivity index is 2.06. The van der Waals surface area contributed by atoms with Crippen LogP contribution in [-0.4, -0.2) is 18.4 Å². The molecule has 0 aliphatic heterocycles. The van der Waals surface area contributed by atoms with Crippen LogP contribution in [0.5, 0.6) is 0 Å². The van der Waals surface area contributed by atoms with Crippen LogP contribution in [0.15, 0.2) is 53.8 Å². The molecular formula is C13H10ClN3O2S. The third-order valence-electron chi connectivity index (χ3n) is 2.85. The molecule has 0 saturated heterocycles. The number of aromatic nitrogens is 2. The number of nitrogens with zero attached hydrogens (tertiary/aromatic N) is 1. The summed E-state index contributed by atoms with van der Waals surface area (Å²) in [5, 5.41) is 1.31. The van der Waals surface area contributed by atoms with E-state index in [1.54, 1.807) is 24.4 Å². The number of hydrogen-bond acceptors (Lipinski definition) is 3. The van der Waals surface area contributed by atoms with Crippen molar-refractivity contribution in [2.75, 3.05) is 4.72 Å². The summed E-state index contributed by atoms with van der Waals surface area (Å²) in [5.74, 6) is 0. The summed E-state index contributed by atoms with van der Waals surface area (Å²) in [7, 11) is -3.67. The van der Waals surface area contributed by atoms with Gasteiger partial charge in [0.25, 0.3) is 10.0 Å². The van der Waals surface area contributed by atoms with Crippen LogP contribution >= 0.6 is 11.6 Å². The second kappa shape index (κ2) is 4.81. The molecule has 0 saturated carbocycles. The minimum atomic E-state index is -3.67. The maximum Gasteiger partial charge on any atom is 0.263 e. The Bertz CT molecular complexity index is 860. The van der Waals surface area contributed by atoms with Crippen LogP contribution < -0.4 is 4.72 Å². The molecule has 0 bridgehead atoms. The van der Waals surface area contributed by atoms with E-state index in [2.05, 4.69) is 14.7 Å². The Labute approximate surface area is 120 Å². The highest BCUT2D eigenvalue weighted by Crippen LogP contribution is 2.29. The molecule has 7 heteroatoms. The third-order valence-corrected chi connectivity index (χ3v) is 4.52. The molecule has 0 radical (unpaired) electrons. The van der Waals surface area contributed by atoms with E-state index in [0.717, 1.165) is 5.39 Å². The van der Waals surface area contributed by atoms with E-state index in [4.69, 9.17) is 11.6 Å². The average Bonchev–Trinajstić information content (AvgIpc) is 2.83. The van der Waals surface area contributed by atoms with Crippen molar-refractivity contribution in [2.24, 2.45) is 0 Å². The Kier molecular flexibility index (Phi) is 3.11. The maximum atomic E-state index is 12.3. The second-order valence-electron chi connectivity index (χ2n) is 4.16. The number of hydrogen-bond donors (Lipinski definition) is 2. The minimum absolute atomic E-state index is 0.106. The highest BCUT2D eigenvalue weighted by Gasteiger charge is 2.16. The molecule has 2 aromatic heterocycles. The SMILES string of the molecule is O=S(=O)(Nc1cccc2c(Cl)c[nH]c12)c1cccnc1. The molecule has 0 fully saturated rings. The highest BCUT2D eigenvalue weighted by atomic mass is 35.5. The van der Waals surface area contributed by atoms with Crippen molar-refractivity contribution in [2.45, 2.75) is 4.90 Å². The van der Waals surface area contributed by atoms with E-state index in [9.17, 15) is 8.42 Å². The van der Waals surface area contributed by atoms with Gasteiger partial charge in [0.05, 0.1) is 16.2 Å². The number of pyridine rings is 1. The summed E-state index contributed by atoms with van der Waals surface area (Å²) < 4.78 is 27.0. The van der Waals surface area contributed by atoms with Gasteiger partial charge in [-0.3, -0.25) is 9.71 Å². The first-order valence-corrected chi connectivity index (χ1v) is 7.62. The first-order valence-electron chi connectivity index (χ1n) is 5.76. The van der Waals surface area contributed by atoms with E-state index in [-0.39, 0.29) is 4.90 Å². The van der Waals surface area contributed by atoms with Gasteiger partial charge >= 0.3 is 0 Å². The zero-order valence-corrected chi connectivity index (χ0v) is 11.7. The molecule has 0 spiro atoms. The molecule has 102 valence electrons. The zero-order valence-electron chi connectivity index (χ0n) is 10.2. The van der Waals surface area contributed by atoms with Gasteiger partial charge in [-0.25, -0.2) is 8.42 Å². The summed E-state index contributed by atoms with van der Waals surface area (Å²) in [6, 6.07) is 8.28. The van der Waals surface area contributed by atoms with Crippen LogP contribution in [0.1, 0.15) is 0 Å². The largest absolute Gasteiger partial charge is 0.358 e. The zero-order chi connectivity index (χ0) is 14.2. The fourth-order valence-corrected chi connectivity index (χ4v) is 3.16. The summed E-state index contributed by atoms with van der Waals surface area (Å²) in [6.45, 7) is 0. The first-order chi connectivity index (χ1) is 9.58. The second-order valence-corrected chi connectivity index (χ2v) is 6.25. The van der Waals surface area contributed by atoms with E-state index in [0.29, 0.717) is 16.2 Å². The molecule has 0 aliphatic carbocycles. The quantitative estimate of drug-likeness (QED) is 0.781. The number of fused-ring (bicyclic) bond motifs is 1. The number of nitrogens with one attached hydrogen (secondary N) is 2. The molecule has 2 heterocycles. The number of anilines is 1. The van der Waals surface area contributed by atoms with Crippen LogP contribution in [0.2, 0.25) is 5.02 Å². The Morgan fingerprint density at radius 1 is 1.20 bits per heavy atom. The third kappa shape index (κ3) is 2.23. The minimum Gasteiger partial charge on any atom is -0.358 e. The number of sulfonamides is 1. The Morgan fingerprint density at radius 3 is 2.80 bits per heavy atom. The molecule has 3 aromatic rings. The number of para-hydroxylation sites is 1. The van der Waals surface area contributed by atoms with Crippen LogP contribution in [0, 0.1) is 0 Å². The number of halogens is 1. The average molecular weight is 308 g/mol. The van der Waals surface area contributed by atoms with Gasteiger partial charge in [-0.1, -0.05) is 23.7 Å². The lowest BCUT2D eigenvalue weighted by Gasteiger charge is -2.08.